The first-order valence-electron chi connectivity index (χ1n) is 9.77. The van der Waals surface area contributed by atoms with Gasteiger partial charge in [-0.3, -0.25) is 9.69 Å². The Morgan fingerprint density at radius 1 is 1.12 bits per heavy atom. The van der Waals surface area contributed by atoms with Gasteiger partial charge in [0.15, 0.2) is 0 Å². The highest BCUT2D eigenvalue weighted by atomic mass is 35.5. The topological polar surface area (TPSA) is 47.6 Å². The monoisotopic (exact) mass is 380 g/mol. The molecule has 0 spiro atoms. The zero-order chi connectivity index (χ0) is 17.5. The van der Waals surface area contributed by atoms with Gasteiger partial charge in [0, 0.05) is 38.4 Å². The average molecular weight is 381 g/mol. The van der Waals surface area contributed by atoms with Gasteiger partial charge >= 0.3 is 0 Å². The van der Waals surface area contributed by atoms with Gasteiger partial charge < -0.3 is 15.5 Å². The third-order valence-corrected chi connectivity index (χ3v) is 5.48. The molecular weight excluding hydrogens is 348 g/mol. The van der Waals surface area contributed by atoms with Crippen LogP contribution in [0.4, 0.5) is 5.69 Å². The van der Waals surface area contributed by atoms with Crippen molar-refractivity contribution in [2.75, 3.05) is 57.7 Å². The first-order chi connectivity index (χ1) is 12.2. The Kier molecular flexibility index (Phi) is 8.85. The molecule has 0 aromatic heterocycles. The van der Waals surface area contributed by atoms with E-state index in [1.165, 1.54) is 38.0 Å². The zero-order valence-electron chi connectivity index (χ0n) is 15.9. The molecular formula is C20H33ClN4O. The van der Waals surface area contributed by atoms with E-state index in [0.717, 1.165) is 44.2 Å². The van der Waals surface area contributed by atoms with Gasteiger partial charge in [-0.1, -0.05) is 25.1 Å². The van der Waals surface area contributed by atoms with Crippen LogP contribution in [-0.2, 0) is 11.2 Å². The maximum Gasteiger partial charge on any atom is 0.238 e. The van der Waals surface area contributed by atoms with Crippen LogP contribution in [0.15, 0.2) is 24.3 Å². The first kappa shape index (κ1) is 21.2. The van der Waals surface area contributed by atoms with Crippen LogP contribution in [0.25, 0.3) is 0 Å². The van der Waals surface area contributed by atoms with Gasteiger partial charge in [0.25, 0.3) is 0 Å². The SMILES string of the molecule is CCc1ccccc1NC(=O)CN1CCN(CC2CCNCC2)CC1.Cl. The van der Waals surface area contributed by atoms with Crippen LogP contribution < -0.4 is 10.6 Å². The van der Waals surface area contributed by atoms with Gasteiger partial charge in [0.2, 0.25) is 5.91 Å². The van der Waals surface area contributed by atoms with E-state index in [0.29, 0.717) is 6.54 Å². The molecule has 1 aromatic rings. The fourth-order valence-electron chi connectivity index (χ4n) is 3.90. The van der Waals surface area contributed by atoms with Crippen LogP contribution in [0.2, 0.25) is 0 Å². The van der Waals surface area contributed by atoms with Crippen LogP contribution >= 0.6 is 12.4 Å². The Labute approximate surface area is 163 Å². The van der Waals surface area contributed by atoms with Crippen molar-refractivity contribution in [3.63, 3.8) is 0 Å². The number of rotatable bonds is 6. The standard InChI is InChI=1S/C20H32N4O.ClH/c1-2-18-5-3-4-6-19(18)22-20(25)16-24-13-11-23(12-14-24)15-17-7-9-21-10-8-17;/h3-6,17,21H,2,7-16H2,1H3,(H,22,25);1H. The van der Waals surface area contributed by atoms with E-state index in [1.807, 2.05) is 18.2 Å². The minimum Gasteiger partial charge on any atom is -0.325 e. The van der Waals surface area contributed by atoms with Crippen LogP contribution in [0.5, 0.6) is 0 Å². The quantitative estimate of drug-likeness (QED) is 0.794. The molecule has 0 bridgehead atoms. The third-order valence-electron chi connectivity index (χ3n) is 5.48. The summed E-state index contributed by atoms with van der Waals surface area (Å²) < 4.78 is 0. The number of hydrogen-bond acceptors (Lipinski definition) is 4. The van der Waals surface area contributed by atoms with Crippen LogP contribution in [-0.4, -0.2) is 68.1 Å². The fourth-order valence-corrected chi connectivity index (χ4v) is 3.90. The number of para-hydroxylation sites is 1. The van der Waals surface area contributed by atoms with Gasteiger partial charge in [-0.05, 0) is 49.9 Å². The minimum atomic E-state index is 0. The number of carbonyl (C=O) groups excluding carboxylic acids is 1. The molecule has 2 heterocycles. The van der Waals surface area contributed by atoms with E-state index in [4.69, 9.17) is 0 Å². The third kappa shape index (κ3) is 6.23. The van der Waals surface area contributed by atoms with E-state index >= 15 is 0 Å². The second kappa shape index (κ2) is 10.9. The molecule has 0 saturated carbocycles. The molecule has 3 rings (SSSR count). The Hall–Kier alpha value is -1.14. The number of nitrogens with zero attached hydrogens (tertiary/aromatic N) is 2. The van der Waals surface area contributed by atoms with Crippen molar-refractivity contribution >= 4 is 24.0 Å². The predicted octanol–water partition coefficient (Wildman–Crippen LogP) is 2.23. The predicted molar refractivity (Wildman–Crippen MR) is 110 cm³/mol. The number of carbonyl (C=O) groups is 1. The Morgan fingerprint density at radius 3 is 2.46 bits per heavy atom. The molecule has 0 radical (unpaired) electrons. The molecule has 1 aromatic carbocycles. The lowest BCUT2D eigenvalue weighted by Gasteiger charge is -2.37. The van der Waals surface area contributed by atoms with E-state index in [2.05, 4.69) is 33.4 Å². The number of hydrogen-bond donors (Lipinski definition) is 2. The Balaban J connectivity index is 0.00000243. The molecule has 0 unspecified atom stereocenters. The molecule has 146 valence electrons. The van der Waals surface area contributed by atoms with Crippen molar-refractivity contribution < 1.29 is 4.79 Å². The van der Waals surface area contributed by atoms with E-state index < -0.39 is 0 Å². The van der Waals surface area contributed by atoms with Crippen LogP contribution in [0.1, 0.15) is 25.3 Å². The summed E-state index contributed by atoms with van der Waals surface area (Å²) in [7, 11) is 0. The van der Waals surface area contributed by atoms with Crippen molar-refractivity contribution in [1.29, 1.82) is 0 Å². The molecule has 2 saturated heterocycles. The summed E-state index contributed by atoms with van der Waals surface area (Å²) in [5.41, 5.74) is 2.15. The lowest BCUT2D eigenvalue weighted by molar-refractivity contribution is -0.117. The lowest BCUT2D eigenvalue weighted by atomic mass is 9.97. The van der Waals surface area contributed by atoms with Crippen molar-refractivity contribution in [1.82, 2.24) is 15.1 Å². The maximum absolute atomic E-state index is 12.4. The maximum atomic E-state index is 12.4. The molecule has 2 aliphatic heterocycles. The highest BCUT2D eigenvalue weighted by Gasteiger charge is 2.22. The summed E-state index contributed by atoms with van der Waals surface area (Å²) >= 11 is 0. The van der Waals surface area contributed by atoms with Gasteiger partial charge in [0.05, 0.1) is 6.54 Å². The number of benzene rings is 1. The van der Waals surface area contributed by atoms with Crippen LogP contribution in [0.3, 0.4) is 0 Å². The smallest absolute Gasteiger partial charge is 0.238 e. The van der Waals surface area contributed by atoms with Crippen molar-refractivity contribution in [3.8, 4) is 0 Å². The van der Waals surface area contributed by atoms with Gasteiger partial charge in [-0.15, -0.1) is 12.4 Å². The van der Waals surface area contributed by atoms with Gasteiger partial charge in [-0.25, -0.2) is 0 Å². The second-order valence-electron chi connectivity index (χ2n) is 7.33. The Morgan fingerprint density at radius 2 is 1.77 bits per heavy atom. The largest absolute Gasteiger partial charge is 0.325 e. The average Bonchev–Trinajstić information content (AvgIpc) is 2.64. The molecule has 2 aliphatic rings. The number of aryl methyl sites for hydroxylation is 1. The molecule has 0 aliphatic carbocycles. The number of halogens is 1. The summed E-state index contributed by atoms with van der Waals surface area (Å²) in [5, 5.41) is 6.52. The van der Waals surface area contributed by atoms with Crippen molar-refractivity contribution in [2.45, 2.75) is 26.2 Å². The number of piperazine rings is 1. The fraction of sp³-hybridized carbons (Fsp3) is 0.650. The van der Waals surface area contributed by atoms with Gasteiger partial charge in [0.1, 0.15) is 0 Å². The summed E-state index contributed by atoms with van der Waals surface area (Å²) in [6, 6.07) is 8.08. The molecule has 1 amide bonds. The highest BCUT2D eigenvalue weighted by Crippen LogP contribution is 2.16. The number of anilines is 1. The molecule has 2 fully saturated rings. The highest BCUT2D eigenvalue weighted by molar-refractivity contribution is 5.93. The normalized spacial score (nSPS) is 19.7. The lowest BCUT2D eigenvalue weighted by Crippen LogP contribution is -2.50. The van der Waals surface area contributed by atoms with Crippen molar-refractivity contribution in [3.05, 3.63) is 29.8 Å². The van der Waals surface area contributed by atoms with E-state index in [-0.39, 0.29) is 18.3 Å². The number of nitrogens with one attached hydrogen (secondary N) is 2. The van der Waals surface area contributed by atoms with E-state index in [9.17, 15) is 4.79 Å². The van der Waals surface area contributed by atoms with E-state index in [1.54, 1.807) is 0 Å². The first-order valence-corrected chi connectivity index (χ1v) is 9.77. The van der Waals surface area contributed by atoms with Gasteiger partial charge in [-0.2, -0.15) is 0 Å². The molecule has 6 heteroatoms. The van der Waals surface area contributed by atoms with Crippen LogP contribution in [0, 0.1) is 5.92 Å². The molecule has 5 nitrogen and oxygen atoms in total. The summed E-state index contributed by atoms with van der Waals surface area (Å²) in [6.07, 6.45) is 3.55. The second-order valence-corrected chi connectivity index (χ2v) is 7.33. The molecule has 0 atom stereocenters. The number of piperidine rings is 1. The summed E-state index contributed by atoms with van der Waals surface area (Å²) in [6.45, 7) is 10.3. The minimum absolute atomic E-state index is 0. The van der Waals surface area contributed by atoms with Crippen molar-refractivity contribution in [2.24, 2.45) is 5.92 Å². The Bertz CT molecular complexity index is 554. The summed E-state index contributed by atoms with van der Waals surface area (Å²) in [4.78, 5) is 17.2. The molecule has 2 N–H and O–H groups in total. The molecule has 26 heavy (non-hydrogen) atoms. The summed E-state index contributed by atoms with van der Waals surface area (Å²) in [5.74, 6) is 0.953. The number of amides is 1. The zero-order valence-corrected chi connectivity index (χ0v) is 16.7.